The van der Waals surface area contributed by atoms with Crippen molar-refractivity contribution in [3.8, 4) is 0 Å². The average Bonchev–Trinajstić information content (AvgIpc) is 2.65. The third kappa shape index (κ3) is 12.4. The highest BCUT2D eigenvalue weighted by Crippen LogP contribution is 2.01. The first-order valence-corrected chi connectivity index (χ1v) is 8.91. The van der Waals surface area contributed by atoms with Crippen molar-refractivity contribution in [3.05, 3.63) is 0 Å². The van der Waals surface area contributed by atoms with Gasteiger partial charge in [-0.15, -0.1) is 0 Å². The van der Waals surface area contributed by atoms with Crippen LogP contribution in [0.15, 0.2) is 0 Å². The van der Waals surface area contributed by atoms with Crippen LogP contribution in [-0.4, -0.2) is 81.5 Å². The number of amides is 4. The molecule has 0 radical (unpaired) electrons. The summed E-state index contributed by atoms with van der Waals surface area (Å²) in [6.07, 6.45) is -2.20. The predicted octanol–water partition coefficient (Wildman–Crippen LogP) is -3.91. The van der Waals surface area contributed by atoms with Gasteiger partial charge in [0, 0.05) is 12.8 Å². The number of hydrogen-bond acceptors (Lipinski definition) is 8. The number of carboxylic acids is 3. The molecule has 0 aromatic carbocycles. The average molecular weight is 447 g/mol. The Labute approximate surface area is 175 Å². The molecule has 0 heterocycles. The fraction of sp³-hybridized carbons (Fsp3) is 0.562. The molecule has 0 aliphatic carbocycles. The Morgan fingerprint density at radius 1 is 0.774 bits per heavy atom. The van der Waals surface area contributed by atoms with Crippen molar-refractivity contribution in [3.63, 3.8) is 0 Å². The molecule has 0 fully saturated rings. The molecule has 10 N–H and O–H groups in total. The van der Waals surface area contributed by atoms with Gasteiger partial charge in [-0.25, -0.2) is 4.79 Å². The van der Waals surface area contributed by atoms with Gasteiger partial charge < -0.3 is 42.7 Å². The van der Waals surface area contributed by atoms with E-state index < -0.39 is 85.5 Å². The molecule has 0 spiro atoms. The summed E-state index contributed by atoms with van der Waals surface area (Å²) in [5.74, 6) is -7.81. The Bertz CT molecular complexity index is 726. The van der Waals surface area contributed by atoms with E-state index in [9.17, 15) is 33.6 Å². The van der Waals surface area contributed by atoms with E-state index in [0.717, 1.165) is 0 Å². The van der Waals surface area contributed by atoms with Crippen molar-refractivity contribution in [1.82, 2.24) is 16.0 Å². The van der Waals surface area contributed by atoms with E-state index in [2.05, 4.69) is 10.6 Å². The van der Waals surface area contributed by atoms with Crippen molar-refractivity contribution < 1.29 is 48.9 Å². The molecule has 0 aromatic rings. The third-order valence-corrected chi connectivity index (χ3v) is 3.75. The normalized spacial score (nSPS) is 13.2. The summed E-state index contributed by atoms with van der Waals surface area (Å²) < 4.78 is 0. The van der Waals surface area contributed by atoms with E-state index in [1.165, 1.54) is 0 Å². The Kier molecular flexibility index (Phi) is 11.8. The summed E-state index contributed by atoms with van der Waals surface area (Å²) in [6, 6.07) is -4.30. The van der Waals surface area contributed by atoms with Gasteiger partial charge in [0.05, 0.1) is 19.0 Å². The molecule has 31 heavy (non-hydrogen) atoms. The van der Waals surface area contributed by atoms with E-state index in [0.29, 0.717) is 0 Å². The van der Waals surface area contributed by atoms with Gasteiger partial charge in [-0.3, -0.25) is 28.8 Å². The lowest BCUT2D eigenvalue weighted by Crippen LogP contribution is -2.53. The molecule has 0 saturated carbocycles. The number of carbonyl (C=O) groups excluding carboxylic acids is 4. The minimum Gasteiger partial charge on any atom is -0.481 e. The van der Waals surface area contributed by atoms with Crippen LogP contribution in [0, 0.1) is 0 Å². The largest absolute Gasteiger partial charge is 0.481 e. The zero-order chi connectivity index (χ0) is 24.1. The Hall–Kier alpha value is -3.75. The van der Waals surface area contributed by atoms with Gasteiger partial charge in [-0.2, -0.15) is 0 Å². The topological polar surface area (TPSA) is 268 Å². The lowest BCUT2D eigenvalue weighted by molar-refractivity contribution is -0.143. The molecule has 0 saturated heterocycles. The highest BCUT2D eigenvalue weighted by atomic mass is 16.4. The van der Waals surface area contributed by atoms with E-state index >= 15 is 0 Å². The van der Waals surface area contributed by atoms with E-state index in [1.54, 1.807) is 0 Å². The molecule has 3 unspecified atom stereocenters. The Morgan fingerprint density at radius 3 is 1.81 bits per heavy atom. The number of carbonyl (C=O) groups is 7. The Balaban J connectivity index is 4.93. The van der Waals surface area contributed by atoms with Gasteiger partial charge in [0.1, 0.15) is 12.1 Å². The van der Waals surface area contributed by atoms with Crippen LogP contribution in [-0.2, 0) is 33.6 Å². The molecule has 15 nitrogen and oxygen atoms in total. The molecular weight excluding hydrogens is 422 g/mol. The monoisotopic (exact) mass is 447 g/mol. The quantitative estimate of drug-likeness (QED) is 0.120. The Morgan fingerprint density at radius 2 is 1.32 bits per heavy atom. The maximum atomic E-state index is 12.3. The molecule has 15 heteroatoms. The smallest absolute Gasteiger partial charge is 0.326 e. The minimum atomic E-state index is -1.61. The fourth-order valence-corrected chi connectivity index (χ4v) is 2.16. The summed E-state index contributed by atoms with van der Waals surface area (Å²) in [6.45, 7) is -0.744. The molecule has 0 bridgehead atoms. The van der Waals surface area contributed by atoms with E-state index in [1.807, 2.05) is 5.32 Å². The van der Waals surface area contributed by atoms with Crippen LogP contribution in [0.1, 0.15) is 32.1 Å². The molecule has 0 aliphatic rings. The summed E-state index contributed by atoms with van der Waals surface area (Å²) >= 11 is 0. The maximum absolute atomic E-state index is 12.3. The van der Waals surface area contributed by atoms with Crippen molar-refractivity contribution in [1.29, 1.82) is 0 Å². The molecule has 0 aromatic heterocycles. The third-order valence-electron chi connectivity index (χ3n) is 3.75. The van der Waals surface area contributed by atoms with Gasteiger partial charge in [0.25, 0.3) is 0 Å². The number of nitrogens with one attached hydrogen (secondary N) is 3. The summed E-state index contributed by atoms with van der Waals surface area (Å²) in [5, 5.41) is 32.6. The van der Waals surface area contributed by atoms with Crippen molar-refractivity contribution in [2.75, 3.05) is 6.54 Å². The fourth-order valence-electron chi connectivity index (χ4n) is 2.16. The molecular formula is C16H25N5O10. The van der Waals surface area contributed by atoms with Gasteiger partial charge in [-0.05, 0) is 12.8 Å². The maximum Gasteiger partial charge on any atom is 0.326 e. The first-order chi connectivity index (χ1) is 14.3. The van der Waals surface area contributed by atoms with Crippen LogP contribution in [0.3, 0.4) is 0 Å². The highest BCUT2D eigenvalue weighted by molar-refractivity contribution is 5.93. The summed E-state index contributed by atoms with van der Waals surface area (Å²) in [5.41, 5.74) is 10.4. The molecule has 4 amide bonds. The molecule has 0 rings (SSSR count). The van der Waals surface area contributed by atoms with Crippen LogP contribution in [0.25, 0.3) is 0 Å². The minimum absolute atomic E-state index is 0.229. The van der Waals surface area contributed by atoms with Crippen LogP contribution in [0.4, 0.5) is 0 Å². The van der Waals surface area contributed by atoms with Crippen LogP contribution >= 0.6 is 0 Å². The lowest BCUT2D eigenvalue weighted by atomic mass is 10.1. The van der Waals surface area contributed by atoms with Crippen molar-refractivity contribution in [2.24, 2.45) is 11.5 Å². The number of rotatable bonds is 15. The zero-order valence-electron chi connectivity index (χ0n) is 16.3. The van der Waals surface area contributed by atoms with E-state index in [4.69, 9.17) is 26.8 Å². The standard InChI is InChI=1S/C16H25N5O10/c17-7(1-3-12(24)25)14(28)21-8(2-4-13(26)27)15(29)19-6-11(23)20-9(16(30)31)5-10(18)22/h7-9H,1-6,17H2,(H2,18,22)(H,19,29)(H,20,23)(H,21,28)(H,24,25)(H,26,27)(H,30,31). The lowest BCUT2D eigenvalue weighted by Gasteiger charge is -2.20. The summed E-state index contributed by atoms with van der Waals surface area (Å²) in [7, 11) is 0. The second kappa shape index (κ2) is 13.5. The molecule has 3 atom stereocenters. The van der Waals surface area contributed by atoms with Crippen molar-refractivity contribution >= 4 is 41.5 Å². The summed E-state index contributed by atoms with van der Waals surface area (Å²) in [4.78, 5) is 79.2. The van der Waals surface area contributed by atoms with Gasteiger partial charge >= 0.3 is 17.9 Å². The second-order valence-electron chi connectivity index (χ2n) is 6.38. The number of primary amides is 1. The predicted molar refractivity (Wildman–Crippen MR) is 100 cm³/mol. The van der Waals surface area contributed by atoms with Crippen molar-refractivity contribution in [2.45, 2.75) is 50.2 Å². The van der Waals surface area contributed by atoms with Crippen LogP contribution < -0.4 is 27.4 Å². The zero-order valence-corrected chi connectivity index (χ0v) is 16.3. The highest BCUT2D eigenvalue weighted by Gasteiger charge is 2.26. The molecule has 0 aliphatic heterocycles. The van der Waals surface area contributed by atoms with Gasteiger partial charge in [-0.1, -0.05) is 0 Å². The molecule has 174 valence electrons. The van der Waals surface area contributed by atoms with Crippen LogP contribution in [0.2, 0.25) is 0 Å². The SMILES string of the molecule is NC(=O)CC(NC(=O)CNC(=O)C(CCC(=O)O)NC(=O)C(N)CCC(=O)O)C(=O)O. The van der Waals surface area contributed by atoms with E-state index in [-0.39, 0.29) is 12.8 Å². The number of aliphatic carboxylic acids is 3. The number of nitrogens with two attached hydrogens (primary N) is 2. The van der Waals surface area contributed by atoms with Gasteiger partial charge in [0.15, 0.2) is 0 Å². The van der Waals surface area contributed by atoms with Crippen LogP contribution in [0.5, 0.6) is 0 Å². The van der Waals surface area contributed by atoms with Gasteiger partial charge in [0.2, 0.25) is 23.6 Å². The first-order valence-electron chi connectivity index (χ1n) is 8.91. The number of hydrogen-bond donors (Lipinski definition) is 8. The second-order valence-corrected chi connectivity index (χ2v) is 6.38. The first kappa shape index (κ1) is 27.2. The number of carboxylic acid groups (broad SMARTS) is 3.